The lowest BCUT2D eigenvalue weighted by Gasteiger charge is -2.35. The van der Waals surface area contributed by atoms with Gasteiger partial charge in [0.15, 0.2) is 16.7 Å². The van der Waals surface area contributed by atoms with Gasteiger partial charge in [-0.2, -0.15) is 0 Å². The molecule has 1 saturated carbocycles. The molecule has 1 aliphatic heterocycles. The summed E-state index contributed by atoms with van der Waals surface area (Å²) in [7, 11) is 1.51. The van der Waals surface area contributed by atoms with Gasteiger partial charge in [0.2, 0.25) is 0 Å². The van der Waals surface area contributed by atoms with Crippen LogP contribution in [0.15, 0.2) is 34.7 Å². The highest BCUT2D eigenvalue weighted by Crippen LogP contribution is 2.44. The van der Waals surface area contributed by atoms with Crippen molar-refractivity contribution in [2.45, 2.75) is 49.2 Å². The summed E-state index contributed by atoms with van der Waals surface area (Å²) in [6.45, 7) is -0.659. The van der Waals surface area contributed by atoms with Crippen LogP contribution in [0.3, 0.4) is 0 Å². The van der Waals surface area contributed by atoms with Crippen molar-refractivity contribution in [2.24, 2.45) is 4.99 Å². The first kappa shape index (κ1) is 20.1. The quantitative estimate of drug-likeness (QED) is 0.501. The molecule has 0 amide bonds. The van der Waals surface area contributed by atoms with E-state index in [2.05, 4.69) is 9.97 Å². The Morgan fingerprint density at radius 1 is 1.14 bits per heavy atom. The van der Waals surface area contributed by atoms with Crippen molar-refractivity contribution in [1.82, 2.24) is 9.97 Å². The number of hydrogen-bond donors (Lipinski definition) is 0. The zero-order valence-electron chi connectivity index (χ0n) is 16.4. The molecule has 8 heteroatoms. The number of aliphatic imine (C=N–C) groups is 1. The molecule has 0 spiro atoms. The van der Waals surface area contributed by atoms with Gasteiger partial charge in [-0.25, -0.2) is 18.7 Å². The van der Waals surface area contributed by atoms with Crippen molar-refractivity contribution in [3.05, 3.63) is 41.2 Å². The minimum absolute atomic E-state index is 0.169. The van der Waals surface area contributed by atoms with Gasteiger partial charge in [-0.15, -0.1) is 0 Å². The molecule has 2 unspecified atom stereocenters. The average molecular weight is 419 g/mol. The Morgan fingerprint density at radius 3 is 2.59 bits per heavy atom. The molecule has 1 aromatic heterocycles. The molecular weight excluding hydrogens is 396 g/mol. The Labute approximate surface area is 173 Å². The number of benzene rings is 1. The molecular formula is C21H23F2N3O2S. The second-order valence-corrected chi connectivity index (χ2v) is 7.96. The highest BCUT2D eigenvalue weighted by molar-refractivity contribution is 7.98. The number of alkyl halides is 2. The van der Waals surface area contributed by atoms with Crippen LogP contribution >= 0.6 is 11.8 Å². The fraction of sp³-hybridized carbons (Fsp3) is 0.476. The molecule has 154 valence electrons. The van der Waals surface area contributed by atoms with Crippen molar-refractivity contribution < 1.29 is 18.3 Å². The van der Waals surface area contributed by atoms with E-state index in [0.29, 0.717) is 16.7 Å². The van der Waals surface area contributed by atoms with E-state index in [1.807, 2.05) is 18.4 Å². The monoisotopic (exact) mass is 419 g/mol. The van der Waals surface area contributed by atoms with Crippen LogP contribution in [0.25, 0.3) is 0 Å². The molecule has 0 radical (unpaired) electrons. The minimum atomic E-state index is -2.54. The molecule has 2 atom stereocenters. The first-order chi connectivity index (χ1) is 14.1. The minimum Gasteiger partial charge on any atom is -0.493 e. The van der Waals surface area contributed by atoms with Crippen LogP contribution in [0.2, 0.25) is 0 Å². The average Bonchev–Trinajstić information content (AvgIpc) is 2.76. The topological polar surface area (TPSA) is 56.6 Å². The molecule has 1 aromatic carbocycles. The molecule has 1 aliphatic carbocycles. The summed E-state index contributed by atoms with van der Waals surface area (Å²) in [4.78, 5) is 13.8. The fourth-order valence-corrected chi connectivity index (χ4v) is 4.47. The fourth-order valence-electron chi connectivity index (χ4n) is 4.15. The number of methoxy groups -OCH3 is 1. The standard InChI is InChI=1S/C21H23F2N3O2S/c1-27-17-8-15-14(7-18(17)28-11-19(22)23)13-5-3-4-6-16(13)26-20(15)12-9-24-21(29-2)25-10-12/h7-10,13,16,19H,3-6,11H2,1-2H3. The normalized spacial score (nSPS) is 20.7. The van der Waals surface area contributed by atoms with Gasteiger partial charge >= 0.3 is 0 Å². The second kappa shape index (κ2) is 8.65. The summed E-state index contributed by atoms with van der Waals surface area (Å²) in [6.07, 6.45) is 7.28. The number of thioether (sulfide) groups is 1. The maximum Gasteiger partial charge on any atom is 0.272 e. The summed E-state index contributed by atoms with van der Waals surface area (Å²) >= 11 is 1.48. The second-order valence-electron chi connectivity index (χ2n) is 7.19. The van der Waals surface area contributed by atoms with Crippen molar-refractivity contribution in [1.29, 1.82) is 0 Å². The molecule has 0 N–H and O–H groups in total. The van der Waals surface area contributed by atoms with Crippen LogP contribution in [0, 0.1) is 0 Å². The van der Waals surface area contributed by atoms with Crippen LogP contribution in [0.4, 0.5) is 8.78 Å². The maximum atomic E-state index is 12.7. The van der Waals surface area contributed by atoms with E-state index in [1.165, 1.54) is 18.9 Å². The number of fused-ring (bicyclic) bond motifs is 3. The summed E-state index contributed by atoms with van der Waals surface area (Å²) in [6, 6.07) is 3.89. The lowest BCUT2D eigenvalue weighted by atomic mass is 9.75. The van der Waals surface area contributed by atoms with Crippen LogP contribution in [-0.4, -0.2) is 48.1 Å². The van der Waals surface area contributed by atoms with Crippen LogP contribution in [0.5, 0.6) is 11.5 Å². The maximum absolute atomic E-state index is 12.7. The van der Waals surface area contributed by atoms with Gasteiger partial charge in [0.25, 0.3) is 6.43 Å². The molecule has 5 nitrogen and oxygen atoms in total. The Hall–Kier alpha value is -2.22. The van der Waals surface area contributed by atoms with Gasteiger partial charge in [0.05, 0.1) is 18.9 Å². The van der Waals surface area contributed by atoms with Crippen molar-refractivity contribution in [3.63, 3.8) is 0 Å². The van der Waals surface area contributed by atoms with Gasteiger partial charge in [-0.05, 0) is 36.8 Å². The Balaban J connectivity index is 1.81. The number of halogens is 2. The van der Waals surface area contributed by atoms with Gasteiger partial charge in [-0.1, -0.05) is 24.6 Å². The third-order valence-electron chi connectivity index (χ3n) is 5.46. The van der Waals surface area contributed by atoms with Crippen molar-refractivity contribution in [2.75, 3.05) is 20.0 Å². The summed E-state index contributed by atoms with van der Waals surface area (Å²) < 4.78 is 36.2. The van der Waals surface area contributed by atoms with E-state index < -0.39 is 13.0 Å². The number of rotatable bonds is 6. The van der Waals surface area contributed by atoms with E-state index in [0.717, 1.165) is 48.1 Å². The number of nitrogens with zero attached hydrogens (tertiary/aromatic N) is 3. The number of hydrogen-bond acceptors (Lipinski definition) is 6. The van der Waals surface area contributed by atoms with Gasteiger partial charge < -0.3 is 9.47 Å². The first-order valence-electron chi connectivity index (χ1n) is 9.68. The van der Waals surface area contributed by atoms with Crippen molar-refractivity contribution in [3.8, 4) is 11.5 Å². The van der Waals surface area contributed by atoms with Crippen molar-refractivity contribution >= 4 is 17.5 Å². The molecule has 2 heterocycles. The molecule has 4 rings (SSSR count). The lowest BCUT2D eigenvalue weighted by Crippen LogP contribution is -2.29. The van der Waals surface area contributed by atoms with Gasteiger partial charge in [0, 0.05) is 29.4 Å². The predicted octanol–water partition coefficient (Wildman–Crippen LogP) is 4.73. The Kier molecular flexibility index (Phi) is 5.99. The summed E-state index contributed by atoms with van der Waals surface area (Å²) in [5.41, 5.74) is 3.69. The zero-order valence-corrected chi connectivity index (χ0v) is 17.2. The number of ether oxygens (including phenoxy) is 2. The predicted molar refractivity (Wildman–Crippen MR) is 109 cm³/mol. The first-order valence-corrected chi connectivity index (χ1v) is 10.9. The molecule has 2 aromatic rings. The van der Waals surface area contributed by atoms with Gasteiger partial charge in [-0.3, -0.25) is 4.99 Å². The van der Waals surface area contributed by atoms with Crippen LogP contribution < -0.4 is 9.47 Å². The van der Waals surface area contributed by atoms with E-state index in [4.69, 9.17) is 14.5 Å². The van der Waals surface area contributed by atoms with Crippen LogP contribution in [-0.2, 0) is 0 Å². The van der Waals surface area contributed by atoms with Gasteiger partial charge in [0.1, 0.15) is 6.61 Å². The third-order valence-corrected chi connectivity index (χ3v) is 6.04. The Bertz CT molecular complexity index is 906. The highest BCUT2D eigenvalue weighted by atomic mass is 32.2. The number of aromatic nitrogens is 2. The lowest BCUT2D eigenvalue weighted by molar-refractivity contribution is 0.0803. The smallest absolute Gasteiger partial charge is 0.272 e. The molecule has 0 saturated heterocycles. The largest absolute Gasteiger partial charge is 0.493 e. The third kappa shape index (κ3) is 4.08. The summed E-state index contributed by atoms with van der Waals surface area (Å²) in [5.74, 6) is 1.04. The highest BCUT2D eigenvalue weighted by Gasteiger charge is 2.35. The SMILES string of the molecule is COc1cc2c(cc1OCC(F)F)C1CCCCC1N=C2c1cnc(SC)nc1. The van der Waals surface area contributed by atoms with E-state index >= 15 is 0 Å². The molecule has 1 fully saturated rings. The molecule has 29 heavy (non-hydrogen) atoms. The zero-order chi connectivity index (χ0) is 20.4. The van der Waals surface area contributed by atoms with E-state index in [9.17, 15) is 8.78 Å². The molecule has 2 aliphatic rings. The Morgan fingerprint density at radius 2 is 1.90 bits per heavy atom. The summed E-state index contributed by atoms with van der Waals surface area (Å²) in [5, 5.41) is 0.703. The van der Waals surface area contributed by atoms with E-state index in [-0.39, 0.29) is 12.0 Å². The van der Waals surface area contributed by atoms with Crippen LogP contribution in [0.1, 0.15) is 48.3 Å². The van der Waals surface area contributed by atoms with E-state index in [1.54, 1.807) is 12.4 Å². The molecule has 0 bridgehead atoms.